The molecule has 0 fully saturated rings. The first-order valence-electron chi connectivity index (χ1n) is 4.92. The molecular formula is C10H17N3OS. The van der Waals surface area contributed by atoms with Gasteiger partial charge in [0.05, 0.1) is 5.01 Å². The summed E-state index contributed by atoms with van der Waals surface area (Å²) in [7, 11) is 0. The smallest absolute Gasteiger partial charge is 0.315 e. The molecule has 4 nitrogen and oxygen atoms in total. The molecule has 1 aromatic rings. The average Bonchev–Trinajstić information content (AvgIpc) is 2.53. The van der Waals surface area contributed by atoms with Gasteiger partial charge in [-0.15, -0.1) is 11.3 Å². The van der Waals surface area contributed by atoms with E-state index in [1.54, 1.807) is 17.5 Å². The number of thiazole rings is 1. The first-order valence-corrected chi connectivity index (χ1v) is 5.80. The largest absolute Gasteiger partial charge is 0.338 e. The lowest BCUT2D eigenvalue weighted by molar-refractivity contribution is 0.232. The van der Waals surface area contributed by atoms with Gasteiger partial charge in [0.1, 0.15) is 0 Å². The molecule has 5 heteroatoms. The number of aromatic nitrogens is 1. The van der Waals surface area contributed by atoms with Crippen LogP contribution in [0, 0.1) is 0 Å². The number of hydrogen-bond donors (Lipinski definition) is 2. The van der Waals surface area contributed by atoms with E-state index in [2.05, 4.69) is 15.6 Å². The van der Waals surface area contributed by atoms with Gasteiger partial charge < -0.3 is 10.6 Å². The van der Waals surface area contributed by atoms with Crippen LogP contribution in [0.15, 0.2) is 11.6 Å². The monoisotopic (exact) mass is 227 g/mol. The molecule has 1 aromatic heterocycles. The lowest BCUT2D eigenvalue weighted by Gasteiger charge is -2.20. The van der Waals surface area contributed by atoms with Gasteiger partial charge in [0.2, 0.25) is 0 Å². The number of amides is 2. The Morgan fingerprint density at radius 2 is 2.27 bits per heavy atom. The molecule has 0 radical (unpaired) electrons. The lowest BCUT2D eigenvalue weighted by Crippen LogP contribution is -2.46. The van der Waals surface area contributed by atoms with Crippen molar-refractivity contribution in [1.82, 2.24) is 15.6 Å². The molecule has 0 saturated carbocycles. The van der Waals surface area contributed by atoms with Gasteiger partial charge in [-0.2, -0.15) is 0 Å². The third-order valence-corrected chi connectivity index (χ3v) is 2.44. The van der Waals surface area contributed by atoms with E-state index >= 15 is 0 Å². The second-order valence-electron chi connectivity index (χ2n) is 4.31. The predicted molar refractivity (Wildman–Crippen MR) is 62.1 cm³/mol. The summed E-state index contributed by atoms with van der Waals surface area (Å²) in [6, 6.07) is -0.126. The van der Waals surface area contributed by atoms with Crippen LogP contribution < -0.4 is 10.6 Å². The highest BCUT2D eigenvalue weighted by Gasteiger charge is 2.12. The van der Waals surface area contributed by atoms with Gasteiger partial charge in [0.15, 0.2) is 0 Å². The van der Waals surface area contributed by atoms with Gasteiger partial charge in [-0.05, 0) is 20.8 Å². The Hall–Kier alpha value is -1.10. The summed E-state index contributed by atoms with van der Waals surface area (Å²) >= 11 is 1.60. The molecule has 0 spiro atoms. The van der Waals surface area contributed by atoms with Crippen LogP contribution >= 0.6 is 11.3 Å². The van der Waals surface area contributed by atoms with Crippen LogP contribution in [-0.2, 0) is 6.42 Å². The summed E-state index contributed by atoms with van der Waals surface area (Å²) in [6.07, 6.45) is 2.56. The van der Waals surface area contributed by atoms with Crippen molar-refractivity contribution in [2.75, 3.05) is 6.54 Å². The maximum absolute atomic E-state index is 11.3. The van der Waals surface area contributed by atoms with E-state index in [1.165, 1.54) is 0 Å². The summed E-state index contributed by atoms with van der Waals surface area (Å²) in [5.74, 6) is 0. The number of carbonyl (C=O) groups is 1. The van der Waals surface area contributed by atoms with Crippen LogP contribution in [0.1, 0.15) is 25.8 Å². The van der Waals surface area contributed by atoms with Crippen molar-refractivity contribution in [2.45, 2.75) is 32.7 Å². The summed E-state index contributed by atoms with van der Waals surface area (Å²) in [5.41, 5.74) is -0.189. The van der Waals surface area contributed by atoms with Crippen molar-refractivity contribution in [1.29, 1.82) is 0 Å². The Kier molecular flexibility index (Phi) is 4.08. The highest BCUT2D eigenvalue weighted by Crippen LogP contribution is 2.03. The molecule has 0 atom stereocenters. The Labute approximate surface area is 94.1 Å². The summed E-state index contributed by atoms with van der Waals surface area (Å²) in [5, 5.41) is 8.61. The molecule has 84 valence electrons. The van der Waals surface area contributed by atoms with Gasteiger partial charge in [-0.25, -0.2) is 9.78 Å². The Balaban J connectivity index is 2.18. The second-order valence-corrected chi connectivity index (χ2v) is 5.29. The van der Waals surface area contributed by atoms with Crippen LogP contribution in [-0.4, -0.2) is 23.1 Å². The molecule has 0 saturated heterocycles. The number of carbonyl (C=O) groups excluding carboxylic acids is 1. The average molecular weight is 227 g/mol. The van der Waals surface area contributed by atoms with Crippen molar-refractivity contribution in [2.24, 2.45) is 0 Å². The third-order valence-electron chi connectivity index (χ3n) is 1.60. The zero-order valence-corrected chi connectivity index (χ0v) is 10.1. The SMILES string of the molecule is CC(C)(C)NC(=O)NCCc1nccs1. The minimum Gasteiger partial charge on any atom is -0.338 e. The zero-order valence-electron chi connectivity index (χ0n) is 9.33. The van der Waals surface area contributed by atoms with Crippen LogP contribution in [0.3, 0.4) is 0 Å². The van der Waals surface area contributed by atoms with Crippen LogP contribution in [0.2, 0.25) is 0 Å². The van der Waals surface area contributed by atoms with Gasteiger partial charge in [-0.1, -0.05) is 0 Å². The summed E-state index contributed by atoms with van der Waals surface area (Å²) in [6.45, 7) is 6.48. The van der Waals surface area contributed by atoms with Crippen molar-refractivity contribution in [3.63, 3.8) is 0 Å². The van der Waals surface area contributed by atoms with E-state index in [0.717, 1.165) is 11.4 Å². The van der Waals surface area contributed by atoms with Crippen molar-refractivity contribution >= 4 is 17.4 Å². The normalized spacial score (nSPS) is 11.1. The van der Waals surface area contributed by atoms with Crippen LogP contribution in [0.5, 0.6) is 0 Å². The van der Waals surface area contributed by atoms with E-state index < -0.39 is 0 Å². The summed E-state index contributed by atoms with van der Waals surface area (Å²) < 4.78 is 0. The first kappa shape index (κ1) is 12.0. The van der Waals surface area contributed by atoms with Gasteiger partial charge in [-0.3, -0.25) is 0 Å². The maximum atomic E-state index is 11.3. The number of rotatable bonds is 3. The minimum atomic E-state index is -0.189. The van der Waals surface area contributed by atoms with E-state index in [-0.39, 0.29) is 11.6 Å². The van der Waals surface area contributed by atoms with Crippen LogP contribution in [0.25, 0.3) is 0 Å². The number of nitrogens with zero attached hydrogens (tertiary/aromatic N) is 1. The first-order chi connectivity index (χ1) is 6.97. The van der Waals surface area contributed by atoms with E-state index in [0.29, 0.717) is 6.54 Å². The fourth-order valence-electron chi connectivity index (χ4n) is 1.04. The fourth-order valence-corrected chi connectivity index (χ4v) is 1.66. The number of hydrogen-bond acceptors (Lipinski definition) is 3. The van der Waals surface area contributed by atoms with Crippen molar-refractivity contribution in [3.05, 3.63) is 16.6 Å². The van der Waals surface area contributed by atoms with E-state index in [4.69, 9.17) is 0 Å². The lowest BCUT2D eigenvalue weighted by atomic mass is 10.1. The maximum Gasteiger partial charge on any atom is 0.315 e. The van der Waals surface area contributed by atoms with E-state index in [1.807, 2.05) is 26.2 Å². The van der Waals surface area contributed by atoms with Gasteiger partial charge in [0, 0.05) is 30.1 Å². The summed E-state index contributed by atoms with van der Waals surface area (Å²) in [4.78, 5) is 15.5. The zero-order chi connectivity index (χ0) is 11.3. The highest BCUT2D eigenvalue weighted by molar-refractivity contribution is 7.09. The van der Waals surface area contributed by atoms with Crippen molar-refractivity contribution < 1.29 is 4.79 Å². The van der Waals surface area contributed by atoms with Gasteiger partial charge >= 0.3 is 6.03 Å². The molecular weight excluding hydrogens is 210 g/mol. The Bertz CT molecular complexity index is 303. The molecule has 0 aliphatic carbocycles. The Morgan fingerprint density at radius 3 is 2.80 bits per heavy atom. The topological polar surface area (TPSA) is 54.0 Å². The molecule has 0 aliphatic rings. The van der Waals surface area contributed by atoms with Crippen LogP contribution in [0.4, 0.5) is 4.79 Å². The molecule has 0 unspecified atom stereocenters. The molecule has 1 rings (SSSR count). The number of nitrogens with one attached hydrogen (secondary N) is 2. The second kappa shape index (κ2) is 5.11. The number of urea groups is 1. The van der Waals surface area contributed by atoms with Crippen molar-refractivity contribution in [3.8, 4) is 0 Å². The molecule has 1 heterocycles. The highest BCUT2D eigenvalue weighted by atomic mass is 32.1. The van der Waals surface area contributed by atoms with Gasteiger partial charge in [0.25, 0.3) is 0 Å². The Morgan fingerprint density at radius 1 is 1.53 bits per heavy atom. The molecule has 2 amide bonds. The molecule has 2 N–H and O–H groups in total. The third kappa shape index (κ3) is 5.37. The molecule has 0 aromatic carbocycles. The molecule has 0 aliphatic heterocycles. The molecule has 15 heavy (non-hydrogen) atoms. The van der Waals surface area contributed by atoms with E-state index in [9.17, 15) is 4.79 Å². The molecule has 0 bridgehead atoms. The minimum absolute atomic E-state index is 0.126. The predicted octanol–water partition coefficient (Wildman–Crippen LogP) is 1.78. The quantitative estimate of drug-likeness (QED) is 0.827. The fraction of sp³-hybridized carbons (Fsp3) is 0.600. The standard InChI is InChI=1S/C10H17N3OS/c1-10(2,3)13-9(14)12-5-4-8-11-6-7-15-8/h6-7H,4-5H2,1-3H3,(H2,12,13,14).